The van der Waals surface area contributed by atoms with Crippen LogP contribution in [0.4, 0.5) is 0 Å². The second-order valence-corrected chi connectivity index (χ2v) is 6.53. The highest BCUT2D eigenvalue weighted by molar-refractivity contribution is 5.51. The minimum absolute atomic E-state index is 0.470. The maximum atomic E-state index is 5.51. The van der Waals surface area contributed by atoms with Crippen LogP contribution in [0.1, 0.15) is 63.5 Å². The van der Waals surface area contributed by atoms with Crippen LogP contribution >= 0.6 is 0 Å². The van der Waals surface area contributed by atoms with Gasteiger partial charge in [-0.1, -0.05) is 26.2 Å². The number of ether oxygens (including phenoxy) is 1. The highest BCUT2D eigenvalue weighted by Crippen LogP contribution is 2.31. The Morgan fingerprint density at radius 2 is 1.96 bits per heavy atom. The van der Waals surface area contributed by atoms with Gasteiger partial charge in [0.05, 0.1) is 24.9 Å². The van der Waals surface area contributed by atoms with E-state index in [1.165, 1.54) is 32.1 Å². The highest BCUT2D eigenvalue weighted by Gasteiger charge is 2.23. The van der Waals surface area contributed by atoms with Crippen LogP contribution in [0.3, 0.4) is 0 Å². The summed E-state index contributed by atoms with van der Waals surface area (Å²) in [6.45, 7) is 8.31. The summed E-state index contributed by atoms with van der Waals surface area (Å²) in [5.74, 6) is 1.89. The molecule has 2 aromatic rings. The third-order valence-electron chi connectivity index (χ3n) is 4.69. The third-order valence-corrected chi connectivity index (χ3v) is 4.69. The van der Waals surface area contributed by atoms with Crippen molar-refractivity contribution in [2.75, 3.05) is 13.2 Å². The summed E-state index contributed by atoms with van der Waals surface area (Å²) < 4.78 is 9.70. The Morgan fingerprint density at radius 1 is 1.17 bits per heavy atom. The highest BCUT2D eigenvalue weighted by atomic mass is 16.5. The molecule has 24 heavy (non-hydrogen) atoms. The van der Waals surface area contributed by atoms with Gasteiger partial charge in [0, 0.05) is 13.0 Å². The molecular formula is C18H29N5O. The minimum atomic E-state index is 0.470. The largest absolute Gasteiger partial charge is 0.380 e. The van der Waals surface area contributed by atoms with Crippen molar-refractivity contribution in [2.24, 2.45) is 0 Å². The lowest BCUT2D eigenvalue weighted by Crippen LogP contribution is -2.17. The zero-order valence-corrected chi connectivity index (χ0v) is 15.2. The van der Waals surface area contributed by atoms with E-state index >= 15 is 0 Å². The van der Waals surface area contributed by atoms with Crippen molar-refractivity contribution < 1.29 is 4.74 Å². The number of nitrogens with zero attached hydrogens (tertiary/aromatic N) is 5. The van der Waals surface area contributed by atoms with Gasteiger partial charge >= 0.3 is 0 Å². The van der Waals surface area contributed by atoms with Gasteiger partial charge in [-0.3, -0.25) is 4.68 Å². The number of hydrogen-bond donors (Lipinski definition) is 0. The van der Waals surface area contributed by atoms with E-state index in [0.29, 0.717) is 12.6 Å². The first-order valence-corrected chi connectivity index (χ1v) is 9.31. The van der Waals surface area contributed by atoms with Crippen LogP contribution in [0, 0.1) is 6.92 Å². The van der Waals surface area contributed by atoms with Crippen molar-refractivity contribution in [2.45, 2.75) is 71.9 Å². The van der Waals surface area contributed by atoms with Gasteiger partial charge in [0.15, 0.2) is 11.6 Å². The first kappa shape index (κ1) is 17.1. The van der Waals surface area contributed by atoms with Gasteiger partial charge in [-0.25, -0.2) is 9.67 Å². The van der Waals surface area contributed by atoms with Gasteiger partial charge in [0.1, 0.15) is 5.69 Å². The molecule has 0 N–H and O–H groups in total. The van der Waals surface area contributed by atoms with E-state index in [0.717, 1.165) is 42.6 Å². The molecule has 1 fully saturated rings. The molecule has 6 heteroatoms. The fourth-order valence-electron chi connectivity index (χ4n) is 3.46. The van der Waals surface area contributed by atoms with E-state index in [1.807, 2.05) is 18.5 Å². The van der Waals surface area contributed by atoms with Gasteiger partial charge < -0.3 is 4.74 Å². The molecule has 0 spiro atoms. The zero-order valence-electron chi connectivity index (χ0n) is 15.2. The number of aromatic nitrogens is 5. The van der Waals surface area contributed by atoms with Crippen LogP contribution in [0.25, 0.3) is 11.5 Å². The van der Waals surface area contributed by atoms with Crippen molar-refractivity contribution in [1.29, 1.82) is 0 Å². The van der Waals surface area contributed by atoms with Crippen LogP contribution in [0.15, 0.2) is 6.07 Å². The van der Waals surface area contributed by atoms with Crippen molar-refractivity contribution in [3.8, 4) is 11.5 Å². The lowest BCUT2D eigenvalue weighted by Gasteiger charge is -2.23. The Morgan fingerprint density at radius 3 is 2.67 bits per heavy atom. The zero-order chi connectivity index (χ0) is 16.9. The molecule has 3 rings (SSSR count). The van der Waals surface area contributed by atoms with Gasteiger partial charge in [-0.05, 0) is 32.8 Å². The van der Waals surface area contributed by atoms with Crippen molar-refractivity contribution in [3.05, 3.63) is 17.6 Å². The fourth-order valence-corrected chi connectivity index (χ4v) is 3.46. The second-order valence-electron chi connectivity index (χ2n) is 6.53. The normalized spacial score (nSPS) is 16.0. The smallest absolute Gasteiger partial charge is 0.177 e. The topological polar surface area (TPSA) is 57.8 Å². The van der Waals surface area contributed by atoms with Crippen LogP contribution in [-0.4, -0.2) is 37.8 Å². The molecule has 0 aromatic carbocycles. The molecule has 2 aromatic heterocycles. The maximum absolute atomic E-state index is 5.51. The Kier molecular flexibility index (Phi) is 5.66. The summed E-state index contributed by atoms with van der Waals surface area (Å²) in [7, 11) is 0. The van der Waals surface area contributed by atoms with Crippen LogP contribution in [0.5, 0.6) is 0 Å². The Labute approximate surface area is 144 Å². The van der Waals surface area contributed by atoms with E-state index in [9.17, 15) is 0 Å². The fraction of sp³-hybridized carbons (Fsp3) is 0.722. The lowest BCUT2D eigenvalue weighted by molar-refractivity contribution is 0.136. The first-order chi connectivity index (χ1) is 11.7. The summed E-state index contributed by atoms with van der Waals surface area (Å²) in [6, 6.07) is 2.59. The first-order valence-electron chi connectivity index (χ1n) is 9.31. The van der Waals surface area contributed by atoms with E-state index < -0.39 is 0 Å². The molecule has 1 saturated carbocycles. The monoisotopic (exact) mass is 331 g/mol. The quantitative estimate of drug-likeness (QED) is 0.728. The Balaban J connectivity index is 1.94. The van der Waals surface area contributed by atoms with Crippen LogP contribution in [-0.2, 0) is 17.7 Å². The van der Waals surface area contributed by atoms with Gasteiger partial charge in [-0.15, -0.1) is 0 Å². The summed E-state index contributed by atoms with van der Waals surface area (Å²) >= 11 is 0. The standard InChI is InChI=1S/C18H29N5O/c1-4-17-19-18(23(21-17)15-9-7-6-8-10-15)16-13-14(3)20-22(16)11-12-24-5-2/h13,15H,4-12H2,1-3H3. The second kappa shape index (κ2) is 7.92. The molecule has 0 amide bonds. The summed E-state index contributed by atoms with van der Waals surface area (Å²) in [4.78, 5) is 4.83. The van der Waals surface area contributed by atoms with E-state index in [1.54, 1.807) is 0 Å². The molecule has 0 saturated heterocycles. The molecule has 0 atom stereocenters. The lowest BCUT2D eigenvalue weighted by atomic mass is 9.95. The molecule has 1 aliphatic rings. The van der Waals surface area contributed by atoms with Gasteiger partial charge in [-0.2, -0.15) is 10.2 Å². The minimum Gasteiger partial charge on any atom is -0.380 e. The van der Waals surface area contributed by atoms with E-state index in [-0.39, 0.29) is 0 Å². The average Bonchev–Trinajstić information content (AvgIpc) is 3.19. The third kappa shape index (κ3) is 3.69. The number of aryl methyl sites for hydroxylation is 2. The van der Waals surface area contributed by atoms with E-state index in [4.69, 9.17) is 14.8 Å². The maximum Gasteiger partial charge on any atom is 0.177 e. The number of rotatable bonds is 7. The summed E-state index contributed by atoms with van der Waals surface area (Å²) in [5, 5.41) is 9.44. The molecule has 0 bridgehead atoms. The molecular weight excluding hydrogens is 302 g/mol. The SMILES string of the molecule is CCOCCn1nc(C)cc1-c1nc(CC)nn1C1CCCCC1. The molecule has 2 heterocycles. The predicted octanol–water partition coefficient (Wildman–Crippen LogP) is 3.55. The molecule has 6 nitrogen and oxygen atoms in total. The van der Waals surface area contributed by atoms with Crippen LogP contribution in [0.2, 0.25) is 0 Å². The predicted molar refractivity (Wildman–Crippen MR) is 94.0 cm³/mol. The summed E-state index contributed by atoms with van der Waals surface area (Å²) in [5.41, 5.74) is 2.07. The van der Waals surface area contributed by atoms with Crippen LogP contribution < -0.4 is 0 Å². The molecule has 0 unspecified atom stereocenters. The van der Waals surface area contributed by atoms with Crippen molar-refractivity contribution in [1.82, 2.24) is 24.5 Å². The molecule has 132 valence electrons. The molecule has 1 aliphatic carbocycles. The van der Waals surface area contributed by atoms with Crippen molar-refractivity contribution >= 4 is 0 Å². The average molecular weight is 331 g/mol. The van der Waals surface area contributed by atoms with Gasteiger partial charge in [0.25, 0.3) is 0 Å². The molecule has 0 radical (unpaired) electrons. The molecule has 0 aliphatic heterocycles. The van der Waals surface area contributed by atoms with Crippen molar-refractivity contribution in [3.63, 3.8) is 0 Å². The van der Waals surface area contributed by atoms with Gasteiger partial charge in [0.2, 0.25) is 0 Å². The summed E-state index contributed by atoms with van der Waals surface area (Å²) in [6.07, 6.45) is 7.17. The number of hydrogen-bond acceptors (Lipinski definition) is 4. The van der Waals surface area contributed by atoms with E-state index in [2.05, 4.69) is 22.8 Å². The Hall–Kier alpha value is -1.69. The Bertz CT molecular complexity index is 654.